The molecule has 1 rings (SSSR count). The summed E-state index contributed by atoms with van der Waals surface area (Å²) < 4.78 is 13.2. The maximum Gasteiger partial charge on any atom is 0.309 e. The van der Waals surface area contributed by atoms with Crippen molar-refractivity contribution in [2.75, 3.05) is 0 Å². The van der Waals surface area contributed by atoms with Crippen molar-refractivity contribution in [2.45, 2.75) is 33.1 Å². The molecule has 0 atom stereocenters. The van der Waals surface area contributed by atoms with Crippen LogP contribution in [0.25, 0.3) is 0 Å². The highest BCUT2D eigenvalue weighted by Gasteiger charge is 2.37. The van der Waals surface area contributed by atoms with E-state index in [1.165, 1.54) is 0 Å². The number of halogens is 1. The van der Waals surface area contributed by atoms with E-state index in [4.69, 9.17) is 0 Å². The van der Waals surface area contributed by atoms with Gasteiger partial charge in [-0.25, -0.2) is 4.39 Å². The second-order valence-electron chi connectivity index (χ2n) is 4.50. The highest BCUT2D eigenvalue weighted by atomic mass is 19.1. The van der Waals surface area contributed by atoms with Crippen molar-refractivity contribution in [1.82, 2.24) is 0 Å². The summed E-state index contributed by atoms with van der Waals surface area (Å²) in [6.07, 6.45) is 0.600. The fourth-order valence-electron chi connectivity index (χ4n) is 2.12. The first kappa shape index (κ1) is 15.1. The van der Waals surface area contributed by atoms with E-state index in [1.807, 2.05) is 0 Å². The fraction of sp³-hybridized carbons (Fsp3) is 0.462. The summed E-state index contributed by atoms with van der Waals surface area (Å²) in [5, 5.41) is 20.2. The van der Waals surface area contributed by atoms with Gasteiger partial charge in [-0.15, -0.1) is 0 Å². The Morgan fingerprint density at radius 3 is 2.42 bits per heavy atom. The summed E-state index contributed by atoms with van der Waals surface area (Å²) in [5.41, 5.74) is -1.22. The van der Waals surface area contributed by atoms with Gasteiger partial charge >= 0.3 is 5.97 Å². The second-order valence-corrected chi connectivity index (χ2v) is 4.50. The Morgan fingerprint density at radius 1 is 1.42 bits per heavy atom. The van der Waals surface area contributed by atoms with Gasteiger partial charge in [0, 0.05) is 11.6 Å². The first-order valence-electron chi connectivity index (χ1n) is 6.02. The maximum absolute atomic E-state index is 13.2. The third kappa shape index (κ3) is 3.07. The Labute approximate surface area is 110 Å². The fourth-order valence-corrected chi connectivity index (χ4v) is 2.12. The van der Waals surface area contributed by atoms with E-state index in [1.54, 1.807) is 13.8 Å². The van der Waals surface area contributed by atoms with Crippen LogP contribution in [0.5, 0.6) is 0 Å². The lowest BCUT2D eigenvalue weighted by Crippen LogP contribution is -2.32. The van der Waals surface area contributed by atoms with Gasteiger partial charge in [-0.05, 0) is 31.4 Å². The van der Waals surface area contributed by atoms with Crippen LogP contribution in [0.15, 0.2) is 18.2 Å². The number of carboxylic acids is 1. The summed E-state index contributed by atoms with van der Waals surface area (Å²) >= 11 is 0. The van der Waals surface area contributed by atoms with Gasteiger partial charge in [0.05, 0.1) is 10.3 Å². The number of carbonyl (C=O) groups is 1. The molecule has 0 aliphatic rings. The molecule has 6 heteroatoms. The molecule has 0 saturated carbocycles. The molecule has 1 N–H and O–H groups in total. The molecule has 0 aliphatic heterocycles. The van der Waals surface area contributed by atoms with E-state index in [-0.39, 0.29) is 17.7 Å². The topological polar surface area (TPSA) is 80.4 Å². The number of nitro groups is 1. The normalized spacial score (nSPS) is 11.3. The lowest BCUT2D eigenvalue weighted by Gasteiger charge is -2.26. The number of hydrogen-bond acceptors (Lipinski definition) is 3. The SMILES string of the molecule is CCC(CC)(Cc1cc(F)ccc1[N+](=O)[O-])C(=O)O. The molecule has 19 heavy (non-hydrogen) atoms. The minimum absolute atomic E-state index is 0.0522. The molecule has 0 radical (unpaired) electrons. The van der Waals surface area contributed by atoms with Crippen LogP contribution in [-0.4, -0.2) is 16.0 Å². The Morgan fingerprint density at radius 2 is 2.00 bits per heavy atom. The first-order valence-corrected chi connectivity index (χ1v) is 6.02. The number of rotatable bonds is 6. The summed E-state index contributed by atoms with van der Waals surface area (Å²) in [7, 11) is 0. The number of hydrogen-bond donors (Lipinski definition) is 1. The number of carboxylic acid groups (broad SMARTS) is 1. The summed E-state index contributed by atoms with van der Waals surface area (Å²) in [6.45, 7) is 3.42. The lowest BCUT2D eigenvalue weighted by molar-refractivity contribution is -0.385. The highest BCUT2D eigenvalue weighted by Crippen LogP contribution is 2.34. The highest BCUT2D eigenvalue weighted by molar-refractivity contribution is 5.75. The molecule has 0 heterocycles. The standard InChI is InChI=1S/C13H16FNO4/c1-3-13(4-2,12(16)17)8-9-7-10(14)5-6-11(9)15(18)19/h5-7H,3-4,8H2,1-2H3,(H,16,17). The van der Waals surface area contributed by atoms with Gasteiger partial charge in [0.25, 0.3) is 5.69 Å². The van der Waals surface area contributed by atoms with Gasteiger partial charge < -0.3 is 5.11 Å². The molecule has 1 aromatic rings. The van der Waals surface area contributed by atoms with Gasteiger partial charge in [0.15, 0.2) is 0 Å². The Kier molecular flexibility index (Phi) is 4.58. The minimum Gasteiger partial charge on any atom is -0.481 e. The third-order valence-corrected chi connectivity index (χ3v) is 3.57. The molecule has 0 aliphatic carbocycles. The van der Waals surface area contributed by atoms with Crippen LogP contribution in [0.1, 0.15) is 32.3 Å². The predicted octanol–water partition coefficient (Wildman–Crippen LogP) is 3.17. The second kappa shape index (κ2) is 5.77. The zero-order chi connectivity index (χ0) is 14.6. The van der Waals surface area contributed by atoms with Crippen LogP contribution in [0.2, 0.25) is 0 Å². The molecule has 0 unspecified atom stereocenters. The molecular formula is C13H16FNO4. The Hall–Kier alpha value is -1.98. The van der Waals surface area contributed by atoms with Crippen LogP contribution in [0.4, 0.5) is 10.1 Å². The molecule has 5 nitrogen and oxygen atoms in total. The maximum atomic E-state index is 13.2. The molecule has 0 aromatic heterocycles. The van der Waals surface area contributed by atoms with Crippen molar-refractivity contribution in [3.63, 3.8) is 0 Å². The summed E-state index contributed by atoms with van der Waals surface area (Å²) in [4.78, 5) is 21.7. The molecule has 0 amide bonds. The van der Waals surface area contributed by atoms with Gasteiger partial charge in [0.2, 0.25) is 0 Å². The zero-order valence-corrected chi connectivity index (χ0v) is 10.9. The van der Waals surface area contributed by atoms with Gasteiger partial charge in [-0.3, -0.25) is 14.9 Å². The van der Waals surface area contributed by atoms with Crippen LogP contribution in [-0.2, 0) is 11.2 Å². The van der Waals surface area contributed by atoms with Crippen molar-refractivity contribution >= 4 is 11.7 Å². The smallest absolute Gasteiger partial charge is 0.309 e. The van der Waals surface area contributed by atoms with E-state index >= 15 is 0 Å². The van der Waals surface area contributed by atoms with Crippen LogP contribution in [0.3, 0.4) is 0 Å². The number of nitro benzene ring substituents is 1. The zero-order valence-electron chi connectivity index (χ0n) is 10.9. The van der Waals surface area contributed by atoms with Crippen molar-refractivity contribution in [1.29, 1.82) is 0 Å². The third-order valence-electron chi connectivity index (χ3n) is 3.57. The van der Waals surface area contributed by atoms with Crippen molar-refractivity contribution < 1.29 is 19.2 Å². The number of nitrogens with zero attached hydrogens (tertiary/aromatic N) is 1. The van der Waals surface area contributed by atoms with E-state index in [0.29, 0.717) is 12.8 Å². The van der Waals surface area contributed by atoms with E-state index in [9.17, 15) is 24.4 Å². The van der Waals surface area contributed by atoms with Crippen LogP contribution in [0, 0.1) is 21.3 Å². The van der Waals surface area contributed by atoms with Crippen molar-refractivity contribution in [2.24, 2.45) is 5.41 Å². The largest absolute Gasteiger partial charge is 0.481 e. The Bertz CT molecular complexity index is 497. The summed E-state index contributed by atoms with van der Waals surface area (Å²) in [6, 6.07) is 3.12. The monoisotopic (exact) mass is 269 g/mol. The molecule has 0 saturated heterocycles. The van der Waals surface area contributed by atoms with Gasteiger partial charge in [0.1, 0.15) is 5.82 Å². The van der Waals surface area contributed by atoms with E-state index in [2.05, 4.69) is 0 Å². The lowest BCUT2D eigenvalue weighted by atomic mass is 9.76. The molecule has 0 spiro atoms. The van der Waals surface area contributed by atoms with Gasteiger partial charge in [-0.1, -0.05) is 13.8 Å². The van der Waals surface area contributed by atoms with E-state index < -0.39 is 22.1 Å². The number of aliphatic carboxylic acids is 1. The minimum atomic E-state index is -1.10. The first-order chi connectivity index (χ1) is 8.86. The van der Waals surface area contributed by atoms with Crippen molar-refractivity contribution in [3.8, 4) is 0 Å². The quantitative estimate of drug-likeness (QED) is 0.635. The summed E-state index contributed by atoms with van der Waals surface area (Å²) in [5.74, 6) is -1.62. The van der Waals surface area contributed by atoms with Crippen molar-refractivity contribution in [3.05, 3.63) is 39.7 Å². The van der Waals surface area contributed by atoms with Gasteiger partial charge in [-0.2, -0.15) is 0 Å². The Balaban J connectivity index is 3.26. The molecular weight excluding hydrogens is 253 g/mol. The molecule has 0 bridgehead atoms. The average Bonchev–Trinajstić information content (AvgIpc) is 2.35. The molecule has 1 aromatic carbocycles. The predicted molar refractivity (Wildman–Crippen MR) is 67.4 cm³/mol. The van der Waals surface area contributed by atoms with E-state index in [0.717, 1.165) is 18.2 Å². The average molecular weight is 269 g/mol. The molecule has 0 fully saturated rings. The number of benzene rings is 1. The molecule has 104 valence electrons. The van der Waals surface area contributed by atoms with Crippen LogP contribution >= 0.6 is 0 Å². The van der Waals surface area contributed by atoms with Crippen LogP contribution < -0.4 is 0 Å².